The van der Waals surface area contributed by atoms with Crippen molar-refractivity contribution in [3.05, 3.63) is 0 Å². The summed E-state index contributed by atoms with van der Waals surface area (Å²) in [6.45, 7) is 2.15. The average molecular weight is 88.1 g/mol. The molecule has 0 bridgehead atoms. The van der Waals surface area contributed by atoms with Gasteiger partial charge in [-0.25, -0.2) is 0 Å². The van der Waals surface area contributed by atoms with Crippen molar-refractivity contribution >= 4 is 15.6 Å². The van der Waals surface area contributed by atoms with Crippen molar-refractivity contribution in [2.75, 3.05) is 7.11 Å². The molecule has 0 aromatic carbocycles. The largest absolute Gasteiger partial charge is 0.506 e. The second kappa shape index (κ2) is 4.49. The van der Waals surface area contributed by atoms with E-state index in [0.29, 0.717) is 0 Å². The SMILES string of the molecule is C[CH2][AlH][O]C. The van der Waals surface area contributed by atoms with Crippen molar-refractivity contribution in [2.24, 2.45) is 0 Å². The lowest BCUT2D eigenvalue weighted by Gasteiger charge is -1.80. The Balaban J connectivity index is 2.19. The lowest BCUT2D eigenvalue weighted by atomic mass is 11.0. The first kappa shape index (κ1) is 5.49. The van der Waals surface area contributed by atoms with E-state index in [0.717, 1.165) is 0 Å². The highest BCUT2D eigenvalue weighted by atomic mass is 27.1. The third kappa shape index (κ3) is 4.49. The molecule has 0 aliphatic carbocycles. The molecule has 0 aliphatic heterocycles. The van der Waals surface area contributed by atoms with Crippen molar-refractivity contribution in [3.8, 4) is 0 Å². The van der Waals surface area contributed by atoms with Gasteiger partial charge in [-0.3, -0.25) is 0 Å². The predicted molar refractivity (Wildman–Crippen MR) is 24.6 cm³/mol. The van der Waals surface area contributed by atoms with E-state index in [1.807, 2.05) is 0 Å². The van der Waals surface area contributed by atoms with Crippen LogP contribution < -0.4 is 0 Å². The summed E-state index contributed by atoms with van der Waals surface area (Å²) in [5.41, 5.74) is 0. The molecule has 0 aromatic rings. The maximum atomic E-state index is 4.83. The molecule has 0 saturated carbocycles. The van der Waals surface area contributed by atoms with Crippen molar-refractivity contribution in [3.63, 3.8) is 0 Å². The van der Waals surface area contributed by atoms with Gasteiger partial charge in [0, 0.05) is 7.11 Å². The molecular weight excluding hydrogens is 79.0 g/mol. The Kier molecular flexibility index (Phi) is 4.93. The Morgan fingerprint density at radius 2 is 2.40 bits per heavy atom. The standard InChI is InChI=1S/C2H5.CH3O.Al.H/c2*1-2;;/h1H2,2H3;1H3;;/q;-1;+1;. The first-order valence-electron chi connectivity index (χ1n) is 1.90. The van der Waals surface area contributed by atoms with E-state index < -0.39 is 0 Å². The molecule has 0 amide bonds. The van der Waals surface area contributed by atoms with Crippen LogP contribution in [0, 0.1) is 0 Å². The summed E-state index contributed by atoms with van der Waals surface area (Å²) in [7, 11) is 1.77. The van der Waals surface area contributed by atoms with Crippen LogP contribution in [0.1, 0.15) is 6.92 Å². The van der Waals surface area contributed by atoms with Gasteiger partial charge in [-0.1, -0.05) is 12.2 Å². The van der Waals surface area contributed by atoms with Gasteiger partial charge in [-0.05, 0) is 0 Å². The molecule has 0 atom stereocenters. The first-order chi connectivity index (χ1) is 2.41. The highest BCUT2D eigenvalue weighted by molar-refractivity contribution is 6.26. The zero-order valence-corrected chi connectivity index (χ0v) is 5.24. The molecule has 0 radical (unpaired) electrons. The lowest BCUT2D eigenvalue weighted by molar-refractivity contribution is 0.442. The topological polar surface area (TPSA) is 9.23 Å². The van der Waals surface area contributed by atoms with Crippen LogP contribution in [0.3, 0.4) is 0 Å². The van der Waals surface area contributed by atoms with Gasteiger partial charge >= 0.3 is 15.6 Å². The van der Waals surface area contributed by atoms with Crippen LogP contribution in [0.25, 0.3) is 0 Å². The van der Waals surface area contributed by atoms with Crippen LogP contribution >= 0.6 is 0 Å². The van der Waals surface area contributed by atoms with Crippen molar-refractivity contribution in [1.29, 1.82) is 0 Å². The van der Waals surface area contributed by atoms with Gasteiger partial charge in [-0.2, -0.15) is 0 Å². The molecule has 2 heteroatoms. The number of hydrogen-bond acceptors (Lipinski definition) is 1. The van der Waals surface area contributed by atoms with Crippen LogP contribution in [0.5, 0.6) is 0 Å². The summed E-state index contributed by atoms with van der Waals surface area (Å²) in [5, 5.41) is 1.26. The zero-order valence-electron chi connectivity index (χ0n) is 3.82. The molecule has 0 unspecified atom stereocenters. The number of hydrogen-bond donors (Lipinski definition) is 0. The summed E-state index contributed by atoms with van der Waals surface area (Å²) in [5.74, 6) is 0. The van der Waals surface area contributed by atoms with E-state index in [9.17, 15) is 0 Å². The molecular formula is C3H9AlO. The maximum absolute atomic E-state index is 4.83. The molecule has 0 aromatic heterocycles. The molecule has 0 heterocycles. The number of rotatable bonds is 2. The second-order valence-corrected chi connectivity index (χ2v) is 2.98. The fourth-order valence-corrected chi connectivity index (χ4v) is 0.612. The van der Waals surface area contributed by atoms with Gasteiger partial charge in [0.15, 0.2) is 0 Å². The summed E-state index contributed by atoms with van der Waals surface area (Å²) in [6.07, 6.45) is 0. The Hall–Kier alpha value is 0.492. The van der Waals surface area contributed by atoms with E-state index >= 15 is 0 Å². The molecule has 30 valence electrons. The van der Waals surface area contributed by atoms with E-state index in [1.165, 1.54) is 5.28 Å². The minimum Gasteiger partial charge on any atom is -0.506 e. The molecule has 5 heavy (non-hydrogen) atoms. The molecule has 0 saturated heterocycles. The summed E-state index contributed by atoms with van der Waals surface area (Å²) >= 11 is -0.0679. The molecule has 0 N–H and O–H groups in total. The smallest absolute Gasteiger partial charge is 0.435 e. The highest BCUT2D eigenvalue weighted by Gasteiger charge is 1.78. The van der Waals surface area contributed by atoms with E-state index in [2.05, 4.69) is 6.92 Å². The monoisotopic (exact) mass is 88.0 g/mol. The third-order valence-electron chi connectivity index (χ3n) is 0.408. The minimum atomic E-state index is -0.0679. The fraction of sp³-hybridized carbons (Fsp3) is 1.00. The van der Waals surface area contributed by atoms with Gasteiger partial charge in [0.25, 0.3) is 0 Å². The van der Waals surface area contributed by atoms with Gasteiger partial charge in [-0.15, -0.1) is 0 Å². The average Bonchev–Trinajstić information content (AvgIpc) is 1.41. The summed E-state index contributed by atoms with van der Waals surface area (Å²) in [6, 6.07) is 0. The molecule has 0 aliphatic rings. The Morgan fingerprint density at radius 1 is 1.80 bits per heavy atom. The third-order valence-corrected chi connectivity index (χ3v) is 1.22. The van der Waals surface area contributed by atoms with Crippen molar-refractivity contribution in [2.45, 2.75) is 12.2 Å². The predicted octanol–water partition coefficient (Wildman–Crippen LogP) is 0.422. The molecule has 0 fully saturated rings. The van der Waals surface area contributed by atoms with Crippen molar-refractivity contribution < 1.29 is 3.79 Å². The van der Waals surface area contributed by atoms with Gasteiger partial charge in [0.2, 0.25) is 0 Å². The van der Waals surface area contributed by atoms with E-state index in [4.69, 9.17) is 3.79 Å². The van der Waals surface area contributed by atoms with Crippen LogP contribution in [0.4, 0.5) is 0 Å². The molecule has 0 rings (SSSR count). The first-order valence-corrected chi connectivity index (χ1v) is 3.48. The van der Waals surface area contributed by atoms with Gasteiger partial charge in [0.05, 0.1) is 0 Å². The van der Waals surface area contributed by atoms with Crippen LogP contribution in [0.2, 0.25) is 5.28 Å². The Labute approximate surface area is 39.4 Å². The Morgan fingerprint density at radius 3 is 2.40 bits per heavy atom. The zero-order chi connectivity index (χ0) is 4.12. The van der Waals surface area contributed by atoms with Crippen LogP contribution in [0.15, 0.2) is 0 Å². The normalized spacial score (nSPS) is 7.60. The van der Waals surface area contributed by atoms with Gasteiger partial charge in [0.1, 0.15) is 0 Å². The van der Waals surface area contributed by atoms with E-state index in [-0.39, 0.29) is 15.6 Å². The quantitative estimate of drug-likeness (QED) is 0.444. The van der Waals surface area contributed by atoms with Crippen LogP contribution in [-0.2, 0) is 3.79 Å². The van der Waals surface area contributed by atoms with Crippen molar-refractivity contribution in [1.82, 2.24) is 0 Å². The van der Waals surface area contributed by atoms with Crippen LogP contribution in [-0.4, -0.2) is 22.7 Å². The molecule has 1 nitrogen and oxygen atoms in total. The fourth-order valence-electron chi connectivity index (χ4n) is 0.204. The molecule has 0 spiro atoms. The summed E-state index contributed by atoms with van der Waals surface area (Å²) < 4.78 is 4.83. The highest BCUT2D eigenvalue weighted by Crippen LogP contribution is 1.68. The lowest BCUT2D eigenvalue weighted by Crippen LogP contribution is -1.86. The minimum absolute atomic E-state index is 0.0679. The van der Waals surface area contributed by atoms with E-state index in [1.54, 1.807) is 7.11 Å². The van der Waals surface area contributed by atoms with Gasteiger partial charge < -0.3 is 3.79 Å². The summed E-state index contributed by atoms with van der Waals surface area (Å²) in [4.78, 5) is 0. The second-order valence-electron chi connectivity index (χ2n) is 0.993. The Bertz CT molecular complexity index is 14.4. The maximum Gasteiger partial charge on any atom is 0.435 e.